The lowest BCUT2D eigenvalue weighted by Crippen LogP contribution is -2.13. The number of nitrogens with one attached hydrogen (secondary N) is 1. The van der Waals surface area contributed by atoms with Crippen molar-refractivity contribution in [2.24, 2.45) is 5.14 Å². The zero-order chi connectivity index (χ0) is 14.5. The van der Waals surface area contributed by atoms with Crippen molar-refractivity contribution in [2.75, 3.05) is 5.73 Å². The molecule has 0 bridgehead atoms. The molecule has 0 fully saturated rings. The van der Waals surface area contributed by atoms with Crippen LogP contribution in [-0.2, 0) is 10.0 Å². The van der Waals surface area contributed by atoms with Gasteiger partial charge in [-0.05, 0) is 36.4 Å². The Hall–Kier alpha value is -2.38. The van der Waals surface area contributed by atoms with Crippen LogP contribution in [0.4, 0.5) is 5.69 Å². The van der Waals surface area contributed by atoms with E-state index in [2.05, 4.69) is 4.98 Å². The molecule has 0 saturated heterocycles. The highest BCUT2D eigenvalue weighted by molar-refractivity contribution is 7.89. The summed E-state index contributed by atoms with van der Waals surface area (Å²) in [5.41, 5.74) is 7.02. The van der Waals surface area contributed by atoms with Gasteiger partial charge in [-0.3, -0.25) is 4.79 Å². The molecule has 0 saturated carbocycles. The molecule has 2 aromatic carbocycles. The number of sulfonamides is 1. The zero-order valence-electron chi connectivity index (χ0n) is 10.3. The summed E-state index contributed by atoms with van der Waals surface area (Å²) in [6, 6.07) is 9.09. The monoisotopic (exact) mass is 289 g/mol. The highest BCUT2D eigenvalue weighted by Gasteiger charge is 2.11. The van der Waals surface area contributed by atoms with Crippen LogP contribution in [0.3, 0.4) is 0 Å². The molecule has 0 spiro atoms. The van der Waals surface area contributed by atoms with Gasteiger partial charge in [-0.25, -0.2) is 13.6 Å². The van der Waals surface area contributed by atoms with Gasteiger partial charge in [0, 0.05) is 27.5 Å². The van der Waals surface area contributed by atoms with Crippen molar-refractivity contribution >= 4 is 37.5 Å². The van der Waals surface area contributed by atoms with Crippen molar-refractivity contribution in [3.63, 3.8) is 0 Å². The SMILES string of the molecule is Nc1ccc2[nH]c3ccc(S(N)(=O)=O)cc3c(=O)c2c1. The largest absolute Gasteiger partial charge is 0.399 e. The Balaban J connectivity index is 2.49. The molecule has 5 N–H and O–H groups in total. The van der Waals surface area contributed by atoms with E-state index in [1.165, 1.54) is 18.2 Å². The highest BCUT2D eigenvalue weighted by Crippen LogP contribution is 2.19. The first-order chi connectivity index (χ1) is 9.36. The van der Waals surface area contributed by atoms with E-state index in [0.717, 1.165) is 0 Å². The van der Waals surface area contributed by atoms with Crippen LogP contribution in [0.15, 0.2) is 46.1 Å². The molecule has 7 heteroatoms. The van der Waals surface area contributed by atoms with Crippen molar-refractivity contribution in [2.45, 2.75) is 4.90 Å². The molecule has 20 heavy (non-hydrogen) atoms. The summed E-state index contributed by atoms with van der Waals surface area (Å²) in [7, 11) is -3.85. The zero-order valence-corrected chi connectivity index (χ0v) is 11.1. The summed E-state index contributed by atoms with van der Waals surface area (Å²) in [5.74, 6) is 0. The summed E-state index contributed by atoms with van der Waals surface area (Å²) >= 11 is 0. The topological polar surface area (TPSA) is 119 Å². The third kappa shape index (κ3) is 1.93. The van der Waals surface area contributed by atoms with Crippen LogP contribution in [0.1, 0.15) is 0 Å². The fourth-order valence-corrected chi connectivity index (χ4v) is 2.69. The fraction of sp³-hybridized carbons (Fsp3) is 0. The molecule has 0 amide bonds. The molecule has 6 nitrogen and oxygen atoms in total. The first-order valence-corrected chi connectivity index (χ1v) is 7.29. The molecule has 0 radical (unpaired) electrons. The minimum absolute atomic E-state index is 0.0984. The number of benzene rings is 2. The predicted octanol–water partition coefficient (Wildman–Crippen LogP) is 0.911. The number of aromatic nitrogens is 1. The van der Waals surface area contributed by atoms with Gasteiger partial charge < -0.3 is 10.7 Å². The van der Waals surface area contributed by atoms with E-state index in [-0.39, 0.29) is 15.7 Å². The van der Waals surface area contributed by atoms with Gasteiger partial charge in [0.1, 0.15) is 0 Å². The van der Waals surface area contributed by atoms with Crippen molar-refractivity contribution < 1.29 is 8.42 Å². The van der Waals surface area contributed by atoms with Gasteiger partial charge in [0.25, 0.3) is 0 Å². The van der Waals surface area contributed by atoms with Crippen molar-refractivity contribution in [1.82, 2.24) is 4.98 Å². The summed E-state index contributed by atoms with van der Waals surface area (Å²) in [5, 5.41) is 5.74. The Labute approximate surface area is 114 Å². The average molecular weight is 289 g/mol. The number of primary sulfonamides is 1. The number of fused-ring (bicyclic) bond motifs is 2. The van der Waals surface area contributed by atoms with E-state index >= 15 is 0 Å². The van der Waals surface area contributed by atoms with Crippen LogP contribution in [0.5, 0.6) is 0 Å². The molecule has 0 aliphatic rings. The summed E-state index contributed by atoms with van der Waals surface area (Å²) in [4.78, 5) is 15.4. The number of nitrogens with two attached hydrogens (primary N) is 2. The van der Waals surface area contributed by atoms with Crippen LogP contribution in [0, 0.1) is 0 Å². The molecule has 0 atom stereocenters. The Bertz CT molecular complexity index is 1010. The molecular weight excluding hydrogens is 278 g/mol. The van der Waals surface area contributed by atoms with E-state index in [0.29, 0.717) is 22.1 Å². The Morgan fingerprint density at radius 1 is 0.950 bits per heavy atom. The van der Waals surface area contributed by atoms with E-state index < -0.39 is 10.0 Å². The summed E-state index contributed by atoms with van der Waals surface area (Å²) in [6.45, 7) is 0. The van der Waals surface area contributed by atoms with E-state index in [9.17, 15) is 13.2 Å². The van der Waals surface area contributed by atoms with E-state index in [4.69, 9.17) is 10.9 Å². The maximum Gasteiger partial charge on any atom is 0.238 e. The van der Waals surface area contributed by atoms with Crippen LogP contribution < -0.4 is 16.3 Å². The van der Waals surface area contributed by atoms with Gasteiger partial charge in [0.15, 0.2) is 5.43 Å². The summed E-state index contributed by atoms with van der Waals surface area (Å²) in [6.07, 6.45) is 0. The second-order valence-electron chi connectivity index (χ2n) is 4.51. The molecule has 0 aliphatic heterocycles. The van der Waals surface area contributed by atoms with Crippen molar-refractivity contribution in [1.29, 1.82) is 0 Å². The highest BCUT2D eigenvalue weighted by atomic mass is 32.2. The van der Waals surface area contributed by atoms with E-state index in [1.54, 1.807) is 18.2 Å². The van der Waals surface area contributed by atoms with E-state index in [1.807, 2.05) is 0 Å². The number of H-pyrrole nitrogens is 1. The normalized spacial score (nSPS) is 12.1. The lowest BCUT2D eigenvalue weighted by atomic mass is 10.1. The molecule has 3 rings (SSSR count). The number of pyridine rings is 1. The molecule has 0 aliphatic carbocycles. The number of hydrogen-bond donors (Lipinski definition) is 3. The molecule has 1 heterocycles. The van der Waals surface area contributed by atoms with Gasteiger partial charge in [0.2, 0.25) is 10.0 Å². The molecule has 1 aromatic heterocycles. The van der Waals surface area contributed by atoms with Crippen LogP contribution in [0.2, 0.25) is 0 Å². The minimum Gasteiger partial charge on any atom is -0.399 e. The smallest absolute Gasteiger partial charge is 0.238 e. The van der Waals surface area contributed by atoms with Crippen LogP contribution in [0.25, 0.3) is 21.8 Å². The Morgan fingerprint density at radius 3 is 2.20 bits per heavy atom. The van der Waals surface area contributed by atoms with Gasteiger partial charge in [0.05, 0.1) is 4.90 Å². The third-order valence-electron chi connectivity index (χ3n) is 3.12. The van der Waals surface area contributed by atoms with Gasteiger partial charge in [-0.2, -0.15) is 0 Å². The molecule has 0 unspecified atom stereocenters. The Kier molecular flexibility index (Phi) is 2.56. The molecular formula is C13H11N3O3S. The van der Waals surface area contributed by atoms with Crippen LogP contribution >= 0.6 is 0 Å². The first-order valence-electron chi connectivity index (χ1n) is 5.74. The van der Waals surface area contributed by atoms with Gasteiger partial charge in [-0.1, -0.05) is 0 Å². The van der Waals surface area contributed by atoms with Gasteiger partial charge in [-0.15, -0.1) is 0 Å². The predicted molar refractivity (Wildman–Crippen MR) is 77.9 cm³/mol. The third-order valence-corrected chi connectivity index (χ3v) is 4.03. The van der Waals surface area contributed by atoms with Crippen LogP contribution in [-0.4, -0.2) is 13.4 Å². The number of aromatic amines is 1. The fourth-order valence-electron chi connectivity index (χ4n) is 2.15. The summed E-state index contributed by atoms with van der Waals surface area (Å²) < 4.78 is 22.7. The lowest BCUT2D eigenvalue weighted by molar-refractivity contribution is 0.598. The number of nitrogen functional groups attached to an aromatic ring is 1. The minimum atomic E-state index is -3.85. The van der Waals surface area contributed by atoms with Crippen molar-refractivity contribution in [3.05, 3.63) is 46.6 Å². The van der Waals surface area contributed by atoms with Crippen molar-refractivity contribution in [3.8, 4) is 0 Å². The number of hydrogen-bond acceptors (Lipinski definition) is 4. The molecule has 3 aromatic rings. The number of rotatable bonds is 1. The Morgan fingerprint density at radius 2 is 1.55 bits per heavy atom. The quantitative estimate of drug-likeness (QED) is 0.455. The number of anilines is 1. The lowest BCUT2D eigenvalue weighted by Gasteiger charge is -2.05. The standard InChI is InChI=1S/C13H11N3O3S/c14-7-1-3-11-9(5-7)13(17)10-6-8(20(15,18)19)2-4-12(10)16-11/h1-6H,14H2,(H,16,17)(H2,15,18,19). The first kappa shape index (κ1) is 12.6. The molecule has 102 valence electrons. The maximum atomic E-state index is 12.4. The maximum absolute atomic E-state index is 12.4. The second-order valence-corrected chi connectivity index (χ2v) is 6.07. The van der Waals surface area contributed by atoms with Gasteiger partial charge >= 0.3 is 0 Å². The average Bonchev–Trinajstić information content (AvgIpc) is 2.38. The second kappa shape index (κ2) is 4.06.